The lowest BCUT2D eigenvalue weighted by molar-refractivity contribution is -0.309. The van der Waals surface area contributed by atoms with Crippen molar-refractivity contribution in [3.05, 3.63) is 48.9 Å². The van der Waals surface area contributed by atoms with E-state index in [4.69, 9.17) is 4.42 Å². The van der Waals surface area contributed by atoms with Gasteiger partial charge in [0.1, 0.15) is 11.8 Å². The molecule has 3 aromatic heterocycles. The monoisotopic (exact) mass is 256 g/mol. The van der Waals surface area contributed by atoms with Gasteiger partial charge in [-0.1, -0.05) is 12.1 Å². The molecule has 3 heterocycles. The number of aromatic amines is 1. The second-order valence-electron chi connectivity index (χ2n) is 4.08. The topological polar surface area (TPSA) is 40.2 Å². The lowest BCUT2D eigenvalue weighted by atomic mass is 10.2. The zero-order chi connectivity index (χ0) is 11.2. The number of halogens is 1. The Balaban J connectivity index is 0.000001000. The van der Waals surface area contributed by atoms with E-state index in [0.29, 0.717) is 0 Å². The van der Waals surface area contributed by atoms with Crippen LogP contribution in [0.2, 0.25) is 0 Å². The van der Waals surface area contributed by atoms with Gasteiger partial charge in [0, 0.05) is 6.07 Å². The van der Waals surface area contributed by atoms with Gasteiger partial charge in [0.15, 0.2) is 0 Å². The largest absolute Gasteiger partial charge is 1.00 e. The summed E-state index contributed by atoms with van der Waals surface area (Å²) in [7, 11) is 0. The first-order valence-electron chi connectivity index (χ1n) is 5.48. The summed E-state index contributed by atoms with van der Waals surface area (Å²) in [6.07, 6.45) is 3.40. The van der Waals surface area contributed by atoms with E-state index in [2.05, 4.69) is 16.0 Å². The van der Waals surface area contributed by atoms with Crippen molar-refractivity contribution in [3.8, 4) is 0 Å². The minimum atomic E-state index is 0. The number of nitrogens with one attached hydrogen (secondary N) is 1. The van der Waals surface area contributed by atoms with Crippen LogP contribution in [-0.2, 0) is 0 Å². The fourth-order valence-corrected chi connectivity index (χ4v) is 2.23. The number of aromatic nitrogens is 2. The van der Waals surface area contributed by atoms with Crippen LogP contribution in [0, 0.1) is 0 Å². The van der Waals surface area contributed by atoms with E-state index in [1.54, 1.807) is 12.5 Å². The predicted molar refractivity (Wildman–Crippen MR) is 65.6 cm³/mol. The number of H-pyrrole nitrogens is 1. The molecule has 3 nitrogen and oxygen atoms in total. The summed E-state index contributed by atoms with van der Waals surface area (Å²) in [6.45, 7) is 0. The SMILES string of the molecule is [Cl-].c1ccc2c(c1)nc1cc3coccc3[nH+]c12. The molecule has 0 saturated carbocycles. The Bertz CT molecular complexity index is 848. The molecule has 0 atom stereocenters. The number of hydrogen-bond acceptors (Lipinski definition) is 2. The number of para-hydroxylation sites is 1. The molecule has 0 spiro atoms. The number of fused-ring (bicyclic) bond motifs is 4. The molecule has 1 N–H and O–H groups in total. The predicted octanol–water partition coefficient (Wildman–Crippen LogP) is -0.0477. The summed E-state index contributed by atoms with van der Waals surface area (Å²) in [5, 5.41) is 2.19. The maximum absolute atomic E-state index is 5.17. The van der Waals surface area contributed by atoms with E-state index in [9.17, 15) is 0 Å². The zero-order valence-corrected chi connectivity index (χ0v) is 10.1. The van der Waals surface area contributed by atoms with Crippen LogP contribution < -0.4 is 17.4 Å². The highest BCUT2D eigenvalue weighted by molar-refractivity contribution is 6.04. The lowest BCUT2D eigenvalue weighted by Crippen LogP contribution is -3.00. The second-order valence-corrected chi connectivity index (χ2v) is 4.08. The Hall–Kier alpha value is -2.13. The van der Waals surface area contributed by atoms with E-state index in [-0.39, 0.29) is 12.4 Å². The zero-order valence-electron chi connectivity index (χ0n) is 9.35. The summed E-state index contributed by atoms with van der Waals surface area (Å²) >= 11 is 0. The number of pyridine rings is 1. The molecule has 0 amide bonds. The van der Waals surface area contributed by atoms with Gasteiger partial charge in [0.05, 0.1) is 22.6 Å². The van der Waals surface area contributed by atoms with E-state index < -0.39 is 0 Å². The average molecular weight is 257 g/mol. The molecule has 0 bridgehead atoms. The molecule has 0 aliphatic heterocycles. The van der Waals surface area contributed by atoms with E-state index >= 15 is 0 Å². The van der Waals surface area contributed by atoms with Crippen LogP contribution in [0.1, 0.15) is 0 Å². The Morgan fingerprint density at radius 2 is 1.94 bits per heavy atom. The van der Waals surface area contributed by atoms with Gasteiger partial charge in [-0.2, -0.15) is 0 Å². The van der Waals surface area contributed by atoms with Crippen LogP contribution in [0.25, 0.3) is 32.8 Å². The van der Waals surface area contributed by atoms with E-state index in [1.165, 1.54) is 0 Å². The van der Waals surface area contributed by atoms with Crippen molar-refractivity contribution >= 4 is 32.8 Å². The molecule has 0 fully saturated rings. The van der Waals surface area contributed by atoms with Gasteiger partial charge < -0.3 is 16.8 Å². The second kappa shape index (κ2) is 3.96. The molecule has 4 aromatic rings. The van der Waals surface area contributed by atoms with Crippen LogP contribution in [0.3, 0.4) is 0 Å². The molecule has 4 rings (SSSR count). The molecule has 1 aromatic carbocycles. The fourth-order valence-electron chi connectivity index (χ4n) is 2.23. The van der Waals surface area contributed by atoms with E-state index in [0.717, 1.165) is 32.8 Å². The van der Waals surface area contributed by atoms with Crippen molar-refractivity contribution in [2.24, 2.45) is 0 Å². The van der Waals surface area contributed by atoms with Crippen molar-refractivity contribution in [2.45, 2.75) is 0 Å². The van der Waals surface area contributed by atoms with Gasteiger partial charge in [-0.15, -0.1) is 0 Å². The molecule has 0 radical (unpaired) electrons. The van der Waals surface area contributed by atoms with Gasteiger partial charge in [-0.25, -0.2) is 9.97 Å². The summed E-state index contributed by atoms with van der Waals surface area (Å²) in [5.74, 6) is 0. The Morgan fingerprint density at radius 3 is 2.89 bits per heavy atom. The summed E-state index contributed by atoms with van der Waals surface area (Å²) in [6, 6.07) is 12.1. The highest BCUT2D eigenvalue weighted by Gasteiger charge is 2.13. The van der Waals surface area contributed by atoms with Crippen LogP contribution in [-0.4, -0.2) is 4.98 Å². The van der Waals surface area contributed by atoms with Gasteiger partial charge in [0.25, 0.3) is 0 Å². The van der Waals surface area contributed by atoms with Crippen LogP contribution in [0.4, 0.5) is 0 Å². The summed E-state index contributed by atoms with van der Waals surface area (Å²) in [4.78, 5) is 8.00. The van der Waals surface area contributed by atoms with Crippen molar-refractivity contribution in [3.63, 3.8) is 0 Å². The average Bonchev–Trinajstić information content (AvgIpc) is 2.73. The van der Waals surface area contributed by atoms with E-state index in [1.807, 2.05) is 30.3 Å². The molecular weight excluding hydrogens is 248 g/mol. The molecule has 88 valence electrons. The maximum Gasteiger partial charge on any atom is 0.239 e. The van der Waals surface area contributed by atoms with Gasteiger partial charge >= 0.3 is 0 Å². The van der Waals surface area contributed by atoms with Crippen molar-refractivity contribution in [2.75, 3.05) is 0 Å². The third-order valence-electron chi connectivity index (χ3n) is 3.04. The third kappa shape index (κ3) is 1.45. The van der Waals surface area contributed by atoms with Gasteiger partial charge in [-0.3, -0.25) is 0 Å². The third-order valence-corrected chi connectivity index (χ3v) is 3.04. The normalized spacial score (nSPS) is 10.9. The van der Waals surface area contributed by atoms with Crippen molar-refractivity contribution in [1.29, 1.82) is 0 Å². The molecule has 18 heavy (non-hydrogen) atoms. The number of nitrogens with zero attached hydrogens (tertiary/aromatic N) is 1. The maximum atomic E-state index is 5.17. The van der Waals surface area contributed by atoms with Crippen LogP contribution in [0.5, 0.6) is 0 Å². The summed E-state index contributed by atoms with van der Waals surface area (Å²) < 4.78 is 5.17. The Morgan fingerprint density at radius 1 is 1.06 bits per heavy atom. The van der Waals surface area contributed by atoms with Gasteiger partial charge in [-0.05, 0) is 18.2 Å². The number of benzene rings is 1. The molecule has 4 heteroatoms. The molecule has 0 aliphatic rings. The van der Waals surface area contributed by atoms with Crippen molar-refractivity contribution < 1.29 is 21.8 Å². The Labute approximate surface area is 109 Å². The highest BCUT2D eigenvalue weighted by atomic mass is 35.5. The van der Waals surface area contributed by atoms with Gasteiger partial charge in [0.2, 0.25) is 11.0 Å². The Kier molecular flexibility index (Phi) is 2.42. The lowest BCUT2D eigenvalue weighted by Gasteiger charge is -1.90. The molecule has 0 unspecified atom stereocenters. The standard InChI is InChI=1S/C14H8N2O.ClH/c1-2-4-12-10(3-1)14-13(15-12)7-9-8-17-6-5-11(9)16-14;/h1-8H;1H. The quantitative estimate of drug-likeness (QED) is 0.443. The molecule has 0 saturated heterocycles. The number of rotatable bonds is 0. The van der Waals surface area contributed by atoms with Crippen LogP contribution >= 0.6 is 0 Å². The minimum Gasteiger partial charge on any atom is -1.00 e. The first-order valence-corrected chi connectivity index (χ1v) is 5.48. The number of hydrogen-bond donors (Lipinski definition) is 0. The summed E-state index contributed by atoms with van der Waals surface area (Å²) in [5.41, 5.74) is 4.13. The first kappa shape index (κ1) is 11.0. The van der Waals surface area contributed by atoms with Crippen molar-refractivity contribution in [1.82, 2.24) is 4.98 Å². The smallest absolute Gasteiger partial charge is 0.239 e. The molecule has 0 aliphatic carbocycles. The fraction of sp³-hybridized carbons (Fsp3) is 0. The van der Waals surface area contributed by atoms with Crippen LogP contribution in [0.15, 0.2) is 53.3 Å². The minimum absolute atomic E-state index is 0. The highest BCUT2D eigenvalue weighted by Crippen LogP contribution is 2.23. The molecular formula is C14H9ClN2O. The first-order chi connectivity index (χ1) is 8.42.